The van der Waals surface area contributed by atoms with E-state index in [0.717, 1.165) is 75.1 Å². The van der Waals surface area contributed by atoms with Crippen LogP contribution in [0.5, 0.6) is 0 Å². The smallest absolute Gasteiger partial charge is 0.272 e. The maximum Gasteiger partial charge on any atom is 0.272 e. The summed E-state index contributed by atoms with van der Waals surface area (Å²) >= 11 is 0. The number of fused-ring (bicyclic) bond motifs is 1. The maximum atomic E-state index is 13.7. The van der Waals surface area contributed by atoms with Gasteiger partial charge in [-0.25, -0.2) is 9.07 Å². The SMILES string of the molecule is O=C(c1c2c(nn1-c1ccc(F)cc1)CCC(NCCc1ccncc1)C2)N1CCCCC1. The van der Waals surface area contributed by atoms with E-state index >= 15 is 0 Å². The molecule has 1 aromatic carbocycles. The molecule has 3 aromatic rings. The van der Waals surface area contributed by atoms with E-state index in [4.69, 9.17) is 5.10 Å². The van der Waals surface area contributed by atoms with E-state index in [0.29, 0.717) is 11.7 Å². The summed E-state index contributed by atoms with van der Waals surface area (Å²) in [5, 5.41) is 8.52. The Balaban J connectivity index is 1.39. The van der Waals surface area contributed by atoms with E-state index in [2.05, 4.69) is 10.3 Å². The van der Waals surface area contributed by atoms with Crippen LogP contribution >= 0.6 is 0 Å². The first kappa shape index (κ1) is 21.8. The number of aryl methyl sites for hydroxylation is 1. The Bertz CT molecular complexity index is 1090. The van der Waals surface area contributed by atoms with Crippen LogP contribution in [0.15, 0.2) is 48.8 Å². The molecule has 0 bridgehead atoms. The van der Waals surface area contributed by atoms with Gasteiger partial charge in [0, 0.05) is 37.1 Å². The third kappa shape index (κ3) is 4.83. The number of benzene rings is 1. The number of carbonyl (C=O) groups is 1. The standard InChI is InChI=1S/C26H30FN5O/c27-20-4-7-22(8-5-20)32-25(26(33)31-16-2-1-3-17-31)23-18-21(6-9-24(23)30-32)29-15-12-19-10-13-28-14-11-19/h4-5,7-8,10-11,13-14,21,29H,1-3,6,9,12,15-18H2. The summed E-state index contributed by atoms with van der Waals surface area (Å²) in [6.45, 7) is 2.46. The van der Waals surface area contributed by atoms with E-state index in [-0.39, 0.29) is 11.7 Å². The third-order valence-corrected chi connectivity index (χ3v) is 6.76. The third-order valence-electron chi connectivity index (χ3n) is 6.76. The van der Waals surface area contributed by atoms with Gasteiger partial charge in [0.2, 0.25) is 0 Å². The molecular weight excluding hydrogens is 417 g/mol. The van der Waals surface area contributed by atoms with Gasteiger partial charge in [-0.05, 0) is 93.5 Å². The van der Waals surface area contributed by atoms with Crippen LogP contribution in [0.25, 0.3) is 5.69 Å². The van der Waals surface area contributed by atoms with Crippen LogP contribution in [0, 0.1) is 5.82 Å². The number of nitrogens with zero attached hydrogens (tertiary/aromatic N) is 4. The van der Waals surface area contributed by atoms with Gasteiger partial charge in [0.1, 0.15) is 11.5 Å². The first-order valence-corrected chi connectivity index (χ1v) is 12.0. The molecule has 33 heavy (non-hydrogen) atoms. The highest BCUT2D eigenvalue weighted by Crippen LogP contribution is 2.28. The Morgan fingerprint density at radius 3 is 2.58 bits per heavy atom. The van der Waals surface area contributed by atoms with Crippen molar-refractivity contribution < 1.29 is 9.18 Å². The first-order chi connectivity index (χ1) is 16.2. The second-order valence-corrected chi connectivity index (χ2v) is 9.01. The number of likely N-dealkylation sites (tertiary alicyclic amines) is 1. The Labute approximate surface area is 193 Å². The number of nitrogens with one attached hydrogen (secondary N) is 1. The number of hydrogen-bond acceptors (Lipinski definition) is 4. The average molecular weight is 448 g/mol. The normalized spacial score (nSPS) is 18.2. The number of pyridine rings is 1. The molecule has 2 aromatic heterocycles. The zero-order valence-electron chi connectivity index (χ0n) is 18.8. The molecule has 0 spiro atoms. The van der Waals surface area contributed by atoms with E-state index in [9.17, 15) is 9.18 Å². The second kappa shape index (κ2) is 9.83. The molecule has 2 aliphatic rings. The molecule has 5 rings (SSSR count). The fraction of sp³-hybridized carbons (Fsp3) is 0.423. The van der Waals surface area contributed by atoms with Gasteiger partial charge in [0.25, 0.3) is 5.91 Å². The first-order valence-electron chi connectivity index (χ1n) is 12.0. The van der Waals surface area contributed by atoms with Gasteiger partial charge in [0.05, 0.1) is 11.4 Å². The molecule has 1 unspecified atom stereocenters. The Hall–Kier alpha value is -3.06. The molecule has 1 amide bonds. The van der Waals surface area contributed by atoms with Crippen molar-refractivity contribution in [3.8, 4) is 5.69 Å². The van der Waals surface area contributed by atoms with Crippen molar-refractivity contribution in [2.45, 2.75) is 51.0 Å². The summed E-state index contributed by atoms with van der Waals surface area (Å²) in [5.74, 6) is -0.247. The highest BCUT2D eigenvalue weighted by atomic mass is 19.1. The summed E-state index contributed by atoms with van der Waals surface area (Å²) in [6.07, 6.45) is 10.4. The van der Waals surface area contributed by atoms with E-state index in [1.54, 1.807) is 16.8 Å². The maximum absolute atomic E-state index is 13.7. The molecule has 172 valence electrons. The fourth-order valence-corrected chi connectivity index (χ4v) is 4.95. The predicted molar refractivity (Wildman–Crippen MR) is 125 cm³/mol. The van der Waals surface area contributed by atoms with E-state index in [1.165, 1.54) is 24.1 Å². The summed E-state index contributed by atoms with van der Waals surface area (Å²) in [4.78, 5) is 19.7. The number of piperidine rings is 1. The lowest BCUT2D eigenvalue weighted by atomic mass is 9.91. The lowest BCUT2D eigenvalue weighted by molar-refractivity contribution is 0.0713. The highest BCUT2D eigenvalue weighted by Gasteiger charge is 2.32. The van der Waals surface area contributed by atoms with Crippen LogP contribution in [0.1, 0.15) is 53.0 Å². The Morgan fingerprint density at radius 1 is 1.06 bits per heavy atom. The Morgan fingerprint density at radius 2 is 1.82 bits per heavy atom. The predicted octanol–water partition coefficient (Wildman–Crippen LogP) is 3.72. The van der Waals surface area contributed by atoms with E-state index < -0.39 is 0 Å². The molecule has 1 aliphatic heterocycles. The van der Waals surface area contributed by atoms with Crippen molar-refractivity contribution in [1.82, 2.24) is 25.0 Å². The van der Waals surface area contributed by atoms with Gasteiger partial charge in [-0.1, -0.05) is 0 Å². The molecule has 7 heteroatoms. The van der Waals surface area contributed by atoms with Crippen LogP contribution in [0.4, 0.5) is 4.39 Å². The molecule has 0 radical (unpaired) electrons. The monoisotopic (exact) mass is 447 g/mol. The summed E-state index contributed by atoms with van der Waals surface area (Å²) in [5.41, 5.74) is 4.68. The number of hydrogen-bond donors (Lipinski definition) is 1. The van der Waals surface area contributed by atoms with Crippen LogP contribution in [-0.4, -0.2) is 51.2 Å². The van der Waals surface area contributed by atoms with Crippen molar-refractivity contribution in [2.24, 2.45) is 0 Å². The number of aromatic nitrogens is 3. The summed E-state index contributed by atoms with van der Waals surface area (Å²) < 4.78 is 15.3. The van der Waals surface area contributed by atoms with Crippen molar-refractivity contribution in [3.05, 3.63) is 77.1 Å². The van der Waals surface area contributed by atoms with Crippen molar-refractivity contribution in [1.29, 1.82) is 0 Å². The zero-order valence-corrected chi connectivity index (χ0v) is 18.8. The number of amides is 1. The van der Waals surface area contributed by atoms with Gasteiger partial charge < -0.3 is 10.2 Å². The number of carbonyl (C=O) groups excluding carboxylic acids is 1. The lowest BCUT2D eigenvalue weighted by Crippen LogP contribution is -2.39. The van der Waals surface area contributed by atoms with Gasteiger partial charge in [-0.2, -0.15) is 5.10 Å². The van der Waals surface area contributed by atoms with Crippen LogP contribution in [0.2, 0.25) is 0 Å². The summed E-state index contributed by atoms with van der Waals surface area (Å²) in [6, 6.07) is 10.6. The van der Waals surface area contributed by atoms with Gasteiger partial charge in [-0.3, -0.25) is 9.78 Å². The minimum atomic E-state index is -0.293. The molecule has 1 N–H and O–H groups in total. The molecule has 1 fully saturated rings. The molecule has 1 aliphatic carbocycles. The van der Waals surface area contributed by atoms with Crippen LogP contribution in [0.3, 0.4) is 0 Å². The average Bonchev–Trinajstić information content (AvgIpc) is 3.24. The van der Waals surface area contributed by atoms with Crippen LogP contribution < -0.4 is 5.32 Å². The molecule has 1 atom stereocenters. The van der Waals surface area contributed by atoms with E-state index in [1.807, 2.05) is 29.4 Å². The quantitative estimate of drug-likeness (QED) is 0.626. The van der Waals surface area contributed by atoms with Gasteiger partial charge in [-0.15, -0.1) is 0 Å². The Kier molecular flexibility index (Phi) is 6.48. The number of rotatable bonds is 6. The van der Waals surface area contributed by atoms with Crippen molar-refractivity contribution in [2.75, 3.05) is 19.6 Å². The molecular formula is C26H30FN5O. The largest absolute Gasteiger partial charge is 0.337 e. The van der Waals surface area contributed by atoms with Crippen LogP contribution in [-0.2, 0) is 19.3 Å². The van der Waals surface area contributed by atoms with Gasteiger partial charge >= 0.3 is 0 Å². The van der Waals surface area contributed by atoms with Crippen molar-refractivity contribution in [3.63, 3.8) is 0 Å². The van der Waals surface area contributed by atoms with Crippen molar-refractivity contribution >= 4 is 5.91 Å². The number of halogens is 1. The second-order valence-electron chi connectivity index (χ2n) is 9.01. The molecule has 1 saturated heterocycles. The highest BCUT2D eigenvalue weighted by molar-refractivity contribution is 5.95. The summed E-state index contributed by atoms with van der Waals surface area (Å²) in [7, 11) is 0. The minimum absolute atomic E-state index is 0.0465. The fourth-order valence-electron chi connectivity index (χ4n) is 4.95. The zero-order chi connectivity index (χ0) is 22.6. The van der Waals surface area contributed by atoms with Gasteiger partial charge in [0.15, 0.2) is 0 Å². The topological polar surface area (TPSA) is 63.1 Å². The lowest BCUT2D eigenvalue weighted by Gasteiger charge is -2.28. The molecule has 3 heterocycles. The molecule has 6 nitrogen and oxygen atoms in total. The minimum Gasteiger partial charge on any atom is -0.337 e. The molecule has 0 saturated carbocycles.